The molecule has 122 valence electrons. The highest BCUT2D eigenvalue weighted by Crippen LogP contribution is 2.34. The van der Waals surface area contributed by atoms with Crippen LogP contribution in [-0.2, 0) is 9.59 Å². The second-order valence-electron chi connectivity index (χ2n) is 4.74. The summed E-state index contributed by atoms with van der Waals surface area (Å²) in [6.45, 7) is 0.245. The molecule has 0 atom stereocenters. The molecule has 1 amide bonds. The molecule has 1 aliphatic heterocycles. The predicted octanol–water partition coefficient (Wildman–Crippen LogP) is 1.13. The van der Waals surface area contributed by atoms with Gasteiger partial charge in [-0.15, -0.1) is 0 Å². The molecule has 0 aliphatic carbocycles. The van der Waals surface area contributed by atoms with E-state index in [9.17, 15) is 19.8 Å². The first kappa shape index (κ1) is 17.3. The van der Waals surface area contributed by atoms with E-state index in [4.69, 9.17) is 17.0 Å². The Morgan fingerprint density at radius 2 is 2.26 bits per heavy atom. The number of hydrogen-bond acceptors (Lipinski definition) is 7. The number of ether oxygens (including phenoxy) is 1. The van der Waals surface area contributed by atoms with Crippen molar-refractivity contribution in [2.24, 2.45) is 0 Å². The smallest absolute Gasteiger partial charge is 0.266 e. The molecule has 8 heteroatoms. The Labute approximate surface area is 142 Å². The lowest BCUT2D eigenvalue weighted by molar-refractivity contribution is -0.305. The number of thiocarbonyl (C=S) groups is 1. The summed E-state index contributed by atoms with van der Waals surface area (Å²) in [5.41, 5.74) is 0.690. The number of carbonyl (C=O) groups excluding carboxylic acids is 2. The van der Waals surface area contributed by atoms with Gasteiger partial charge in [-0.05, 0) is 36.6 Å². The zero-order valence-corrected chi connectivity index (χ0v) is 13.9. The van der Waals surface area contributed by atoms with Gasteiger partial charge in [0.2, 0.25) is 0 Å². The third kappa shape index (κ3) is 4.23. The largest absolute Gasteiger partial charge is 0.550 e. The Bertz CT molecular complexity index is 686. The fourth-order valence-corrected chi connectivity index (χ4v) is 3.32. The van der Waals surface area contributed by atoms with Crippen LogP contribution >= 0.6 is 24.0 Å². The third-order valence-corrected chi connectivity index (χ3v) is 4.52. The average molecular weight is 352 g/mol. The van der Waals surface area contributed by atoms with E-state index in [-0.39, 0.29) is 31.0 Å². The molecule has 0 aromatic heterocycles. The quantitative estimate of drug-likeness (QED) is 0.606. The first-order valence-electron chi connectivity index (χ1n) is 6.74. The lowest BCUT2D eigenvalue weighted by Crippen LogP contribution is -2.30. The molecule has 1 heterocycles. The number of benzene rings is 1. The topological polar surface area (TPSA) is 89.9 Å². The van der Waals surface area contributed by atoms with Crippen LogP contribution < -0.4 is 9.84 Å². The molecule has 0 radical (unpaired) electrons. The van der Waals surface area contributed by atoms with Crippen molar-refractivity contribution in [1.82, 2.24) is 4.90 Å². The zero-order chi connectivity index (χ0) is 17.0. The Kier molecular flexibility index (Phi) is 5.62. The summed E-state index contributed by atoms with van der Waals surface area (Å²) in [6, 6.07) is 4.74. The summed E-state index contributed by atoms with van der Waals surface area (Å²) in [5, 5.41) is 20.0. The Hall–Kier alpha value is -2.06. The number of carboxylic acid groups (broad SMARTS) is 1. The third-order valence-electron chi connectivity index (χ3n) is 3.14. The van der Waals surface area contributed by atoms with E-state index < -0.39 is 5.97 Å². The molecule has 2 rings (SSSR count). The second-order valence-corrected chi connectivity index (χ2v) is 6.42. The first-order chi connectivity index (χ1) is 10.9. The number of thioether (sulfide) groups is 1. The molecule has 1 saturated heterocycles. The summed E-state index contributed by atoms with van der Waals surface area (Å²) in [6.07, 6.45) is 1.82. The van der Waals surface area contributed by atoms with Gasteiger partial charge < -0.3 is 19.7 Å². The molecule has 1 aromatic rings. The lowest BCUT2D eigenvalue weighted by atomic mass is 10.2. The predicted molar refractivity (Wildman–Crippen MR) is 88.8 cm³/mol. The molecule has 1 fully saturated rings. The normalized spacial score (nSPS) is 16.2. The molecule has 0 spiro atoms. The number of rotatable bonds is 6. The minimum Gasteiger partial charge on any atom is -0.550 e. The van der Waals surface area contributed by atoms with Gasteiger partial charge in [0.25, 0.3) is 5.91 Å². The van der Waals surface area contributed by atoms with Gasteiger partial charge in [-0.2, -0.15) is 0 Å². The van der Waals surface area contributed by atoms with Crippen molar-refractivity contribution in [3.8, 4) is 11.5 Å². The van der Waals surface area contributed by atoms with Crippen molar-refractivity contribution in [3.63, 3.8) is 0 Å². The standard InChI is InChI=1S/C15H15NO5S2/c1-21-11-7-9(4-5-10(11)17)8-12-14(20)16(15(22)23-12)6-2-3-13(18)19/h4-5,7-8,17H,2-3,6H2,1H3,(H,18,19)/p-1/b12-8-. The number of phenols is 1. The van der Waals surface area contributed by atoms with Crippen LogP contribution in [0.1, 0.15) is 18.4 Å². The number of phenolic OH excluding ortho intramolecular Hbond substituents is 1. The number of carbonyl (C=O) groups is 2. The van der Waals surface area contributed by atoms with Crippen LogP contribution in [-0.4, -0.2) is 39.9 Å². The second kappa shape index (κ2) is 7.47. The van der Waals surface area contributed by atoms with Gasteiger partial charge in [0.1, 0.15) is 4.32 Å². The molecule has 1 N–H and O–H groups in total. The van der Waals surface area contributed by atoms with Crippen LogP contribution in [0, 0.1) is 0 Å². The van der Waals surface area contributed by atoms with Gasteiger partial charge in [0.05, 0.1) is 12.0 Å². The van der Waals surface area contributed by atoms with Crippen molar-refractivity contribution in [2.45, 2.75) is 12.8 Å². The highest BCUT2D eigenvalue weighted by molar-refractivity contribution is 8.26. The Morgan fingerprint density at radius 3 is 2.91 bits per heavy atom. The van der Waals surface area contributed by atoms with E-state index >= 15 is 0 Å². The fourth-order valence-electron chi connectivity index (χ4n) is 2.01. The van der Waals surface area contributed by atoms with E-state index in [1.807, 2.05) is 0 Å². The monoisotopic (exact) mass is 352 g/mol. The average Bonchev–Trinajstić information content (AvgIpc) is 2.76. The van der Waals surface area contributed by atoms with Crippen LogP contribution in [0.2, 0.25) is 0 Å². The summed E-state index contributed by atoms with van der Waals surface area (Å²) in [7, 11) is 1.44. The Balaban J connectivity index is 2.13. The fraction of sp³-hybridized carbons (Fsp3) is 0.267. The van der Waals surface area contributed by atoms with Crippen molar-refractivity contribution in [2.75, 3.05) is 13.7 Å². The summed E-state index contributed by atoms with van der Waals surface area (Å²) >= 11 is 6.31. The maximum atomic E-state index is 12.3. The van der Waals surface area contributed by atoms with E-state index in [1.165, 1.54) is 18.1 Å². The van der Waals surface area contributed by atoms with Crippen LogP contribution in [0.5, 0.6) is 11.5 Å². The molecule has 1 aliphatic rings. The van der Waals surface area contributed by atoms with Crippen LogP contribution in [0.25, 0.3) is 6.08 Å². The highest BCUT2D eigenvalue weighted by atomic mass is 32.2. The van der Waals surface area contributed by atoms with Crippen molar-refractivity contribution in [3.05, 3.63) is 28.7 Å². The van der Waals surface area contributed by atoms with E-state index in [0.717, 1.165) is 11.8 Å². The molecule has 0 bridgehead atoms. The number of hydrogen-bond donors (Lipinski definition) is 1. The Morgan fingerprint density at radius 1 is 1.52 bits per heavy atom. The van der Waals surface area contributed by atoms with Gasteiger partial charge in [-0.25, -0.2) is 0 Å². The number of carboxylic acids is 1. The van der Waals surface area contributed by atoms with Crippen LogP contribution in [0.15, 0.2) is 23.1 Å². The van der Waals surface area contributed by atoms with Gasteiger partial charge in [0, 0.05) is 12.5 Å². The molecular formula is C15H14NO5S2-. The van der Waals surface area contributed by atoms with Crippen molar-refractivity contribution < 1.29 is 24.5 Å². The van der Waals surface area contributed by atoms with E-state index in [1.54, 1.807) is 18.2 Å². The number of aliphatic carboxylic acids is 1. The minimum absolute atomic E-state index is 0.0134. The zero-order valence-electron chi connectivity index (χ0n) is 12.3. The van der Waals surface area contributed by atoms with Gasteiger partial charge >= 0.3 is 0 Å². The molecule has 23 heavy (non-hydrogen) atoms. The van der Waals surface area contributed by atoms with E-state index in [0.29, 0.717) is 20.5 Å². The summed E-state index contributed by atoms with van der Waals surface area (Å²) in [5.74, 6) is -1.09. The van der Waals surface area contributed by atoms with Crippen molar-refractivity contribution in [1.29, 1.82) is 0 Å². The molecule has 1 aromatic carbocycles. The first-order valence-corrected chi connectivity index (χ1v) is 7.97. The molecule has 0 unspecified atom stereocenters. The van der Waals surface area contributed by atoms with Gasteiger partial charge in [-0.1, -0.05) is 30.0 Å². The van der Waals surface area contributed by atoms with E-state index in [2.05, 4.69) is 0 Å². The number of amides is 1. The van der Waals surface area contributed by atoms with Gasteiger partial charge in [-0.3, -0.25) is 9.69 Å². The lowest BCUT2D eigenvalue weighted by Gasteiger charge is -2.14. The number of aromatic hydroxyl groups is 1. The number of methoxy groups -OCH3 is 1. The van der Waals surface area contributed by atoms with Gasteiger partial charge in [0.15, 0.2) is 11.5 Å². The summed E-state index contributed by atoms with van der Waals surface area (Å²) in [4.78, 5) is 24.6. The number of nitrogens with zero attached hydrogens (tertiary/aromatic N) is 1. The summed E-state index contributed by atoms with van der Waals surface area (Å²) < 4.78 is 5.42. The van der Waals surface area contributed by atoms with Crippen LogP contribution in [0.4, 0.5) is 0 Å². The maximum Gasteiger partial charge on any atom is 0.266 e. The molecule has 6 nitrogen and oxygen atoms in total. The highest BCUT2D eigenvalue weighted by Gasteiger charge is 2.31. The maximum absolute atomic E-state index is 12.3. The molecular weight excluding hydrogens is 338 g/mol. The molecule has 0 saturated carbocycles. The SMILES string of the molecule is COc1cc(/C=C2\SC(=S)N(CCCC(=O)[O-])C2=O)ccc1O. The van der Waals surface area contributed by atoms with Crippen LogP contribution in [0.3, 0.4) is 0 Å². The van der Waals surface area contributed by atoms with Crippen molar-refractivity contribution >= 4 is 46.3 Å². The minimum atomic E-state index is -1.15.